The van der Waals surface area contributed by atoms with E-state index in [1.807, 2.05) is 24.3 Å². The number of pyridine rings is 3. The third kappa shape index (κ3) is 2.21. The van der Waals surface area contributed by atoms with Gasteiger partial charge in [0.05, 0.1) is 10.9 Å². The molecule has 0 aliphatic rings. The SMILES string of the molecule is O=c1[nH]ccc2c3nc(OCc4ccncc4)[nH]c3c3ccncc3c12. The fourth-order valence-electron chi connectivity index (χ4n) is 3.20. The Hall–Kier alpha value is -3.74. The molecular weight excluding hydrogens is 330 g/mol. The van der Waals surface area contributed by atoms with Gasteiger partial charge in [0.1, 0.15) is 12.1 Å². The van der Waals surface area contributed by atoms with Crippen molar-refractivity contribution in [1.29, 1.82) is 0 Å². The Morgan fingerprint density at radius 3 is 2.69 bits per heavy atom. The Morgan fingerprint density at radius 1 is 0.962 bits per heavy atom. The molecule has 0 spiro atoms. The molecule has 0 unspecified atom stereocenters. The van der Waals surface area contributed by atoms with Crippen LogP contribution in [0.15, 0.2) is 60.0 Å². The number of imidazole rings is 1. The van der Waals surface area contributed by atoms with E-state index in [4.69, 9.17) is 4.74 Å². The van der Waals surface area contributed by atoms with Crippen LogP contribution in [0.5, 0.6) is 6.01 Å². The monoisotopic (exact) mass is 343 g/mol. The zero-order valence-corrected chi connectivity index (χ0v) is 13.6. The van der Waals surface area contributed by atoms with E-state index in [1.165, 1.54) is 0 Å². The summed E-state index contributed by atoms with van der Waals surface area (Å²) >= 11 is 0. The lowest BCUT2D eigenvalue weighted by atomic mass is 10.0. The molecule has 0 radical (unpaired) electrons. The van der Waals surface area contributed by atoms with Crippen LogP contribution >= 0.6 is 0 Å². The van der Waals surface area contributed by atoms with Crippen LogP contribution in [0.4, 0.5) is 0 Å². The van der Waals surface area contributed by atoms with E-state index in [2.05, 4.69) is 24.9 Å². The number of nitrogens with zero attached hydrogens (tertiary/aromatic N) is 3. The molecule has 7 heteroatoms. The summed E-state index contributed by atoms with van der Waals surface area (Å²) in [6, 6.07) is 7.90. The summed E-state index contributed by atoms with van der Waals surface area (Å²) in [7, 11) is 0. The number of ether oxygens (including phenoxy) is 1. The van der Waals surface area contributed by atoms with Crippen molar-refractivity contribution in [3.8, 4) is 6.01 Å². The van der Waals surface area contributed by atoms with Crippen LogP contribution < -0.4 is 10.3 Å². The third-order valence-electron chi connectivity index (χ3n) is 4.38. The van der Waals surface area contributed by atoms with Gasteiger partial charge in [-0.1, -0.05) is 0 Å². The van der Waals surface area contributed by atoms with Crippen molar-refractivity contribution < 1.29 is 4.74 Å². The summed E-state index contributed by atoms with van der Waals surface area (Å²) in [6.45, 7) is 0.375. The zero-order chi connectivity index (χ0) is 17.5. The maximum Gasteiger partial charge on any atom is 0.294 e. The highest BCUT2D eigenvalue weighted by molar-refractivity contribution is 6.22. The number of rotatable bonds is 3. The first-order valence-corrected chi connectivity index (χ1v) is 8.10. The Morgan fingerprint density at radius 2 is 1.81 bits per heavy atom. The number of nitrogens with one attached hydrogen (secondary N) is 2. The molecule has 7 nitrogen and oxygen atoms in total. The number of benzene rings is 1. The van der Waals surface area contributed by atoms with Gasteiger partial charge in [-0.25, -0.2) is 0 Å². The molecule has 0 aliphatic carbocycles. The number of aromatic nitrogens is 5. The second-order valence-electron chi connectivity index (χ2n) is 5.93. The molecule has 4 heterocycles. The molecule has 4 aromatic heterocycles. The van der Waals surface area contributed by atoms with Gasteiger partial charge in [0.15, 0.2) is 0 Å². The number of fused-ring (bicyclic) bond motifs is 6. The number of hydrogen-bond donors (Lipinski definition) is 2. The lowest BCUT2D eigenvalue weighted by molar-refractivity contribution is 0.284. The summed E-state index contributed by atoms with van der Waals surface area (Å²) in [5.41, 5.74) is 2.36. The maximum absolute atomic E-state index is 12.4. The van der Waals surface area contributed by atoms with Gasteiger partial charge in [0.2, 0.25) is 0 Å². The van der Waals surface area contributed by atoms with E-state index < -0.39 is 0 Å². The first-order chi connectivity index (χ1) is 12.8. The van der Waals surface area contributed by atoms with Gasteiger partial charge in [-0.05, 0) is 29.8 Å². The van der Waals surface area contributed by atoms with Gasteiger partial charge < -0.3 is 14.7 Å². The molecule has 5 rings (SSSR count). The quantitative estimate of drug-likeness (QED) is 0.491. The van der Waals surface area contributed by atoms with Crippen molar-refractivity contribution in [2.24, 2.45) is 0 Å². The minimum absolute atomic E-state index is 0.162. The highest BCUT2D eigenvalue weighted by atomic mass is 16.5. The molecule has 0 atom stereocenters. The van der Waals surface area contributed by atoms with E-state index in [9.17, 15) is 4.79 Å². The van der Waals surface area contributed by atoms with Crippen LogP contribution in [-0.2, 0) is 6.61 Å². The van der Waals surface area contributed by atoms with Crippen LogP contribution in [0, 0.1) is 0 Å². The zero-order valence-electron chi connectivity index (χ0n) is 13.6. The minimum atomic E-state index is -0.162. The lowest BCUT2D eigenvalue weighted by Gasteiger charge is -2.03. The summed E-state index contributed by atoms with van der Waals surface area (Å²) in [5.74, 6) is 0. The average Bonchev–Trinajstić information content (AvgIpc) is 3.12. The largest absolute Gasteiger partial charge is 0.460 e. The Kier molecular flexibility index (Phi) is 3.18. The van der Waals surface area contributed by atoms with E-state index in [0.717, 1.165) is 27.2 Å². The van der Waals surface area contributed by atoms with E-state index >= 15 is 0 Å². The molecule has 5 aromatic rings. The van der Waals surface area contributed by atoms with Gasteiger partial charge in [-0.2, -0.15) is 4.98 Å². The van der Waals surface area contributed by atoms with Crippen molar-refractivity contribution >= 4 is 32.6 Å². The predicted octanol–water partition coefficient (Wildman–Crippen LogP) is 2.93. The highest BCUT2D eigenvalue weighted by Crippen LogP contribution is 2.32. The molecule has 1 aromatic carbocycles. The summed E-state index contributed by atoms with van der Waals surface area (Å²) in [5, 5.41) is 3.00. The van der Waals surface area contributed by atoms with Crippen LogP contribution in [0.2, 0.25) is 0 Å². The number of hydrogen-bond acceptors (Lipinski definition) is 5. The van der Waals surface area contributed by atoms with Gasteiger partial charge in [-0.15, -0.1) is 0 Å². The standard InChI is InChI=1S/C19H13N5O2/c25-18-15-13(4-8-22-18)17-16(12-3-7-21-9-14(12)15)23-19(24-17)26-10-11-1-5-20-6-2-11/h1-9H,10H2,(H,22,25)(H,23,24). The van der Waals surface area contributed by atoms with Crippen LogP contribution in [0.25, 0.3) is 32.6 Å². The van der Waals surface area contributed by atoms with Crippen molar-refractivity contribution in [3.63, 3.8) is 0 Å². The van der Waals surface area contributed by atoms with Crippen LogP contribution in [0.3, 0.4) is 0 Å². The molecule has 0 bridgehead atoms. The molecule has 26 heavy (non-hydrogen) atoms. The first-order valence-electron chi connectivity index (χ1n) is 8.10. The van der Waals surface area contributed by atoms with Crippen LogP contribution in [-0.4, -0.2) is 24.9 Å². The average molecular weight is 343 g/mol. The van der Waals surface area contributed by atoms with Gasteiger partial charge in [0, 0.05) is 47.1 Å². The van der Waals surface area contributed by atoms with Crippen LogP contribution in [0.1, 0.15) is 5.56 Å². The second kappa shape index (κ2) is 5.66. The normalized spacial score (nSPS) is 11.4. The fourth-order valence-corrected chi connectivity index (χ4v) is 3.20. The molecule has 126 valence electrons. The molecular formula is C19H13N5O2. The summed E-state index contributed by atoms with van der Waals surface area (Å²) in [4.78, 5) is 31.1. The number of aromatic amines is 2. The molecule has 0 aliphatic heterocycles. The second-order valence-corrected chi connectivity index (χ2v) is 5.93. The molecule has 0 saturated heterocycles. The fraction of sp³-hybridized carbons (Fsp3) is 0.0526. The van der Waals surface area contributed by atoms with Crippen molar-refractivity contribution in [1.82, 2.24) is 24.9 Å². The highest BCUT2D eigenvalue weighted by Gasteiger charge is 2.15. The summed E-state index contributed by atoms with van der Waals surface area (Å²) < 4.78 is 5.81. The predicted molar refractivity (Wildman–Crippen MR) is 98.1 cm³/mol. The smallest absolute Gasteiger partial charge is 0.294 e. The van der Waals surface area contributed by atoms with Crippen molar-refractivity contribution in [2.45, 2.75) is 6.61 Å². The number of H-pyrrole nitrogens is 2. The Bertz CT molecular complexity index is 1310. The minimum Gasteiger partial charge on any atom is -0.460 e. The molecule has 2 N–H and O–H groups in total. The maximum atomic E-state index is 12.4. The Labute approximate surface area is 146 Å². The topological polar surface area (TPSA) is 96.5 Å². The Balaban J connectivity index is 1.72. The van der Waals surface area contributed by atoms with Gasteiger partial charge >= 0.3 is 0 Å². The van der Waals surface area contributed by atoms with Crippen molar-refractivity contribution in [2.75, 3.05) is 0 Å². The molecule has 0 fully saturated rings. The lowest BCUT2D eigenvalue weighted by Crippen LogP contribution is -2.05. The third-order valence-corrected chi connectivity index (χ3v) is 4.38. The van der Waals surface area contributed by atoms with E-state index in [-0.39, 0.29) is 5.56 Å². The van der Waals surface area contributed by atoms with E-state index in [0.29, 0.717) is 23.5 Å². The van der Waals surface area contributed by atoms with E-state index in [1.54, 1.807) is 31.0 Å². The molecule has 0 saturated carbocycles. The summed E-state index contributed by atoms with van der Waals surface area (Å²) in [6.07, 6.45) is 8.46. The van der Waals surface area contributed by atoms with Gasteiger partial charge in [-0.3, -0.25) is 14.8 Å². The van der Waals surface area contributed by atoms with Crippen molar-refractivity contribution in [3.05, 3.63) is 71.2 Å². The molecule has 0 amide bonds. The first kappa shape index (κ1) is 14.6. The van der Waals surface area contributed by atoms with Gasteiger partial charge in [0.25, 0.3) is 11.6 Å².